The zero-order valence-corrected chi connectivity index (χ0v) is 3.57. The molecule has 0 heteroatoms. The van der Waals surface area contributed by atoms with E-state index in [1.807, 2.05) is 0 Å². The van der Waals surface area contributed by atoms with E-state index in [0.29, 0.717) is 0 Å². The van der Waals surface area contributed by atoms with Crippen LogP contribution in [0.25, 0.3) is 0 Å². The summed E-state index contributed by atoms with van der Waals surface area (Å²) in [5.74, 6) is 0. The highest BCUT2D eigenvalue weighted by atomic mass is 14.2. The van der Waals surface area contributed by atoms with Gasteiger partial charge in [0, 0.05) is 0 Å². The van der Waals surface area contributed by atoms with Crippen LogP contribution < -0.4 is 0 Å². The van der Waals surface area contributed by atoms with Crippen LogP contribution in [0.4, 0.5) is 0 Å². The first-order valence-electron chi connectivity index (χ1n) is 2.37. The lowest BCUT2D eigenvalue weighted by molar-refractivity contribution is 0.801. The summed E-state index contributed by atoms with van der Waals surface area (Å²) < 4.78 is 0. The summed E-state index contributed by atoms with van der Waals surface area (Å²) in [6.07, 6.45) is 7.12. The summed E-state index contributed by atoms with van der Waals surface area (Å²) in [7, 11) is 0. The van der Waals surface area contributed by atoms with Crippen molar-refractivity contribution in [2.24, 2.45) is 0 Å². The van der Waals surface area contributed by atoms with Crippen molar-refractivity contribution in [2.45, 2.75) is 12.8 Å². The van der Waals surface area contributed by atoms with Crippen molar-refractivity contribution in [3.05, 3.63) is 23.3 Å². The zero-order valence-electron chi connectivity index (χ0n) is 3.57. The highest BCUT2D eigenvalue weighted by molar-refractivity contribution is 5.51. The fraction of sp³-hybridized carbons (Fsp3) is 0.333. The van der Waals surface area contributed by atoms with Crippen molar-refractivity contribution >= 4 is 0 Å². The SMILES string of the molecule is C1=C2CCC2=C1. The van der Waals surface area contributed by atoms with Crippen molar-refractivity contribution in [3.8, 4) is 0 Å². The highest BCUT2D eigenvalue weighted by Gasteiger charge is 2.19. The average molecular weight is 78.1 g/mol. The molecular weight excluding hydrogens is 72.1 g/mol. The molecule has 1 saturated carbocycles. The maximum atomic E-state index is 2.21. The van der Waals surface area contributed by atoms with Crippen LogP contribution in [0.5, 0.6) is 0 Å². The third-order valence-corrected chi connectivity index (χ3v) is 1.56. The third-order valence-electron chi connectivity index (χ3n) is 1.56. The molecule has 0 aromatic rings. The van der Waals surface area contributed by atoms with Crippen LogP contribution in [-0.2, 0) is 0 Å². The van der Waals surface area contributed by atoms with Crippen molar-refractivity contribution < 1.29 is 0 Å². The molecule has 2 aliphatic carbocycles. The summed E-state index contributed by atoms with van der Waals surface area (Å²) in [5.41, 5.74) is 3.21. The first-order chi connectivity index (χ1) is 2.97. The van der Waals surface area contributed by atoms with Gasteiger partial charge in [0.2, 0.25) is 0 Å². The first-order valence-corrected chi connectivity index (χ1v) is 2.37. The number of hydrogen-bond donors (Lipinski definition) is 0. The van der Waals surface area contributed by atoms with Gasteiger partial charge in [0.15, 0.2) is 0 Å². The molecule has 0 amide bonds. The predicted molar refractivity (Wildman–Crippen MR) is 25.4 cm³/mol. The first kappa shape index (κ1) is 2.62. The fourth-order valence-electron chi connectivity index (χ4n) is 0.899. The van der Waals surface area contributed by atoms with E-state index in [4.69, 9.17) is 0 Å². The minimum Gasteiger partial charge on any atom is -0.0585 e. The molecule has 0 radical (unpaired) electrons. The Labute approximate surface area is 37.2 Å². The standard InChI is InChI=1S/C6H6/c1-2-6-4-3-5(1)6/h1-2H,3-4H2. The van der Waals surface area contributed by atoms with Crippen molar-refractivity contribution in [2.75, 3.05) is 0 Å². The molecule has 0 aliphatic heterocycles. The van der Waals surface area contributed by atoms with Gasteiger partial charge < -0.3 is 0 Å². The van der Waals surface area contributed by atoms with E-state index in [9.17, 15) is 0 Å². The molecule has 0 bridgehead atoms. The van der Waals surface area contributed by atoms with E-state index in [-0.39, 0.29) is 0 Å². The van der Waals surface area contributed by atoms with Crippen LogP contribution in [0.3, 0.4) is 0 Å². The van der Waals surface area contributed by atoms with E-state index in [1.54, 1.807) is 11.1 Å². The lowest BCUT2D eigenvalue weighted by Crippen LogP contribution is -2.07. The van der Waals surface area contributed by atoms with Gasteiger partial charge in [0.05, 0.1) is 0 Å². The molecule has 0 unspecified atom stereocenters. The smallest absolute Gasteiger partial charge is 0.0235 e. The van der Waals surface area contributed by atoms with Crippen LogP contribution in [0, 0.1) is 0 Å². The number of rotatable bonds is 0. The normalized spacial score (nSPS) is 25.3. The van der Waals surface area contributed by atoms with Gasteiger partial charge in [-0.1, -0.05) is 12.2 Å². The quantitative estimate of drug-likeness (QED) is 0.413. The highest BCUT2D eigenvalue weighted by Crippen LogP contribution is 2.38. The molecule has 0 nitrogen and oxygen atoms in total. The summed E-state index contributed by atoms with van der Waals surface area (Å²) in [6.45, 7) is 0. The molecular formula is C6H6. The van der Waals surface area contributed by atoms with Crippen LogP contribution in [-0.4, -0.2) is 0 Å². The molecule has 0 aromatic carbocycles. The average Bonchev–Trinajstić information content (AvgIpc) is 1.54. The molecule has 0 aromatic heterocycles. The molecule has 2 rings (SSSR count). The maximum absolute atomic E-state index is 2.21. The molecule has 0 spiro atoms. The van der Waals surface area contributed by atoms with Gasteiger partial charge in [-0.25, -0.2) is 0 Å². The van der Waals surface area contributed by atoms with E-state index in [0.717, 1.165) is 0 Å². The van der Waals surface area contributed by atoms with Crippen LogP contribution in [0.2, 0.25) is 0 Å². The molecule has 0 N–H and O–H groups in total. The van der Waals surface area contributed by atoms with Gasteiger partial charge in [0.25, 0.3) is 0 Å². The molecule has 2 aliphatic rings. The maximum Gasteiger partial charge on any atom is -0.0235 e. The van der Waals surface area contributed by atoms with Gasteiger partial charge in [-0.15, -0.1) is 0 Å². The monoisotopic (exact) mass is 78.0 g/mol. The Morgan fingerprint density at radius 2 is 1.50 bits per heavy atom. The van der Waals surface area contributed by atoms with E-state index < -0.39 is 0 Å². The third kappa shape index (κ3) is 0.118. The second-order valence-corrected chi connectivity index (χ2v) is 1.88. The number of hydrogen-bond acceptors (Lipinski definition) is 0. The fourth-order valence-corrected chi connectivity index (χ4v) is 0.899. The molecule has 1 fully saturated rings. The van der Waals surface area contributed by atoms with Gasteiger partial charge in [-0.05, 0) is 24.0 Å². The van der Waals surface area contributed by atoms with E-state index in [2.05, 4.69) is 12.2 Å². The lowest BCUT2D eigenvalue weighted by Gasteiger charge is -2.26. The Morgan fingerprint density at radius 3 is 1.50 bits per heavy atom. The zero-order chi connectivity index (χ0) is 3.98. The number of allylic oxidation sites excluding steroid dienone is 4. The van der Waals surface area contributed by atoms with E-state index in [1.165, 1.54) is 12.8 Å². The summed E-state index contributed by atoms with van der Waals surface area (Å²) in [5, 5.41) is 0. The minimum atomic E-state index is 1.35. The van der Waals surface area contributed by atoms with Crippen molar-refractivity contribution in [1.82, 2.24) is 0 Å². The van der Waals surface area contributed by atoms with Crippen LogP contribution in [0.1, 0.15) is 12.8 Å². The second kappa shape index (κ2) is 0.604. The van der Waals surface area contributed by atoms with Crippen LogP contribution >= 0.6 is 0 Å². The van der Waals surface area contributed by atoms with Crippen molar-refractivity contribution in [1.29, 1.82) is 0 Å². The van der Waals surface area contributed by atoms with Gasteiger partial charge in [-0.2, -0.15) is 0 Å². The molecule has 0 saturated heterocycles. The van der Waals surface area contributed by atoms with Crippen LogP contribution in [0.15, 0.2) is 23.3 Å². The van der Waals surface area contributed by atoms with Gasteiger partial charge in [0.1, 0.15) is 0 Å². The number of fused-ring (bicyclic) bond motifs is 1. The van der Waals surface area contributed by atoms with Gasteiger partial charge >= 0.3 is 0 Å². The molecule has 0 atom stereocenters. The molecule has 0 heterocycles. The van der Waals surface area contributed by atoms with Crippen molar-refractivity contribution in [3.63, 3.8) is 0 Å². The second-order valence-electron chi connectivity index (χ2n) is 1.88. The Bertz CT molecular complexity index is 120. The Morgan fingerprint density at radius 1 is 1.00 bits per heavy atom. The predicted octanol–water partition coefficient (Wildman–Crippen LogP) is 1.65. The van der Waals surface area contributed by atoms with Gasteiger partial charge in [-0.3, -0.25) is 0 Å². The molecule has 30 valence electrons. The summed E-state index contributed by atoms with van der Waals surface area (Å²) >= 11 is 0. The molecule has 6 heavy (non-hydrogen) atoms. The Kier molecular flexibility index (Phi) is 0.264. The largest absolute Gasteiger partial charge is 0.0585 e. The lowest BCUT2D eigenvalue weighted by atomic mass is 9.79. The summed E-state index contributed by atoms with van der Waals surface area (Å²) in [6, 6.07) is 0. The Hall–Kier alpha value is -0.520. The minimum absolute atomic E-state index is 1.35. The summed E-state index contributed by atoms with van der Waals surface area (Å²) in [4.78, 5) is 0. The Balaban J connectivity index is 2.41. The topological polar surface area (TPSA) is 0 Å². The van der Waals surface area contributed by atoms with E-state index >= 15 is 0 Å².